The summed E-state index contributed by atoms with van der Waals surface area (Å²) in [6, 6.07) is 15.1. The normalized spacial score (nSPS) is 15.4. The molecule has 0 atom stereocenters. The molecule has 21 heavy (non-hydrogen) atoms. The standard InChI is InChI=1S/C17H15N3O/c1-17(2)20-16(12-5-3-11(10-18)4-6-12)14-8-7-13(19)9-15(14)21-17/h3-9H,19H2,1-2H3. The van der Waals surface area contributed by atoms with Crippen LogP contribution in [0.3, 0.4) is 0 Å². The first kappa shape index (κ1) is 13.2. The maximum absolute atomic E-state index is 8.90. The van der Waals surface area contributed by atoms with Gasteiger partial charge in [-0.25, -0.2) is 4.99 Å². The molecule has 0 aromatic heterocycles. The fraction of sp³-hybridized carbons (Fsp3) is 0.176. The zero-order valence-electron chi connectivity index (χ0n) is 11.9. The molecule has 0 saturated heterocycles. The Morgan fingerprint density at radius 1 is 1.14 bits per heavy atom. The molecule has 3 rings (SSSR count). The summed E-state index contributed by atoms with van der Waals surface area (Å²) >= 11 is 0. The van der Waals surface area contributed by atoms with E-state index in [9.17, 15) is 0 Å². The molecule has 4 nitrogen and oxygen atoms in total. The van der Waals surface area contributed by atoms with Crippen molar-refractivity contribution >= 4 is 11.4 Å². The third-order valence-corrected chi connectivity index (χ3v) is 3.29. The highest BCUT2D eigenvalue weighted by atomic mass is 16.5. The molecule has 0 amide bonds. The van der Waals surface area contributed by atoms with E-state index < -0.39 is 5.72 Å². The quantitative estimate of drug-likeness (QED) is 0.814. The summed E-state index contributed by atoms with van der Waals surface area (Å²) in [5, 5.41) is 8.90. The van der Waals surface area contributed by atoms with Gasteiger partial charge >= 0.3 is 0 Å². The van der Waals surface area contributed by atoms with Crippen LogP contribution in [0.15, 0.2) is 47.5 Å². The number of hydrogen-bond acceptors (Lipinski definition) is 4. The van der Waals surface area contributed by atoms with Crippen LogP contribution in [-0.2, 0) is 0 Å². The molecule has 1 heterocycles. The van der Waals surface area contributed by atoms with Gasteiger partial charge < -0.3 is 10.5 Å². The fourth-order valence-corrected chi connectivity index (χ4v) is 2.36. The van der Waals surface area contributed by atoms with Gasteiger partial charge in [0.05, 0.1) is 17.3 Å². The third kappa shape index (κ3) is 2.46. The molecule has 0 aliphatic carbocycles. The Labute approximate surface area is 123 Å². The Morgan fingerprint density at radius 3 is 2.52 bits per heavy atom. The predicted molar refractivity (Wildman–Crippen MR) is 82.4 cm³/mol. The van der Waals surface area contributed by atoms with Crippen LogP contribution in [0.2, 0.25) is 0 Å². The van der Waals surface area contributed by atoms with Gasteiger partial charge in [-0.3, -0.25) is 0 Å². The van der Waals surface area contributed by atoms with Crippen LogP contribution in [0.5, 0.6) is 5.75 Å². The molecule has 0 unspecified atom stereocenters. The predicted octanol–water partition coefficient (Wildman–Crippen LogP) is 3.11. The van der Waals surface area contributed by atoms with Crippen molar-refractivity contribution in [1.29, 1.82) is 5.26 Å². The Bertz CT molecular complexity index is 768. The first-order valence-electron chi connectivity index (χ1n) is 6.68. The minimum atomic E-state index is -0.649. The molecule has 1 aliphatic rings. The molecule has 0 bridgehead atoms. The Hall–Kier alpha value is -2.80. The van der Waals surface area contributed by atoms with Crippen LogP contribution in [0.4, 0.5) is 5.69 Å². The van der Waals surface area contributed by atoms with E-state index in [2.05, 4.69) is 11.1 Å². The second kappa shape index (κ2) is 4.64. The maximum atomic E-state index is 8.90. The lowest BCUT2D eigenvalue weighted by Gasteiger charge is -2.30. The first-order chi connectivity index (χ1) is 9.98. The second-order valence-corrected chi connectivity index (χ2v) is 5.45. The van der Waals surface area contributed by atoms with Crippen LogP contribution in [0.25, 0.3) is 0 Å². The SMILES string of the molecule is CC1(C)N=C(c2ccc(C#N)cc2)c2ccc(N)cc2O1. The molecule has 2 aromatic rings. The minimum Gasteiger partial charge on any atom is -0.466 e. The van der Waals surface area contributed by atoms with E-state index in [1.165, 1.54) is 0 Å². The highest BCUT2D eigenvalue weighted by Gasteiger charge is 2.28. The van der Waals surface area contributed by atoms with Gasteiger partial charge in [0.2, 0.25) is 0 Å². The maximum Gasteiger partial charge on any atom is 0.195 e. The minimum absolute atomic E-state index is 0.628. The average molecular weight is 277 g/mol. The smallest absolute Gasteiger partial charge is 0.195 e. The van der Waals surface area contributed by atoms with Crippen LogP contribution in [0, 0.1) is 11.3 Å². The number of ether oxygens (including phenoxy) is 1. The number of rotatable bonds is 1. The fourth-order valence-electron chi connectivity index (χ4n) is 2.36. The summed E-state index contributed by atoms with van der Waals surface area (Å²) < 4.78 is 5.88. The molecule has 104 valence electrons. The van der Waals surface area contributed by atoms with Gasteiger partial charge in [-0.1, -0.05) is 12.1 Å². The summed E-state index contributed by atoms with van der Waals surface area (Å²) in [5.74, 6) is 0.731. The van der Waals surface area contributed by atoms with Gasteiger partial charge in [-0.2, -0.15) is 5.26 Å². The van der Waals surface area contributed by atoms with E-state index in [0.29, 0.717) is 11.3 Å². The van der Waals surface area contributed by atoms with Gasteiger partial charge in [0.25, 0.3) is 0 Å². The van der Waals surface area contributed by atoms with E-state index >= 15 is 0 Å². The highest BCUT2D eigenvalue weighted by Crippen LogP contribution is 2.33. The van der Waals surface area contributed by atoms with E-state index in [0.717, 1.165) is 22.6 Å². The van der Waals surface area contributed by atoms with Gasteiger partial charge in [0.1, 0.15) is 5.75 Å². The van der Waals surface area contributed by atoms with Crippen molar-refractivity contribution in [1.82, 2.24) is 0 Å². The lowest BCUT2D eigenvalue weighted by Crippen LogP contribution is -2.32. The number of nitrogen functional groups attached to an aromatic ring is 1. The van der Waals surface area contributed by atoms with Crippen molar-refractivity contribution in [2.75, 3.05) is 5.73 Å². The largest absolute Gasteiger partial charge is 0.466 e. The van der Waals surface area contributed by atoms with Gasteiger partial charge in [0, 0.05) is 22.9 Å². The molecular formula is C17H15N3O. The number of nitriles is 1. The number of aliphatic imine (C=N–C) groups is 1. The molecular weight excluding hydrogens is 262 g/mol. The van der Waals surface area contributed by atoms with Gasteiger partial charge in [0.15, 0.2) is 5.72 Å². The highest BCUT2D eigenvalue weighted by molar-refractivity contribution is 6.15. The molecule has 1 aliphatic heterocycles. The average Bonchev–Trinajstić information content (AvgIpc) is 2.45. The van der Waals surface area contributed by atoms with E-state index in [-0.39, 0.29) is 0 Å². The summed E-state index contributed by atoms with van der Waals surface area (Å²) in [6.45, 7) is 3.81. The number of anilines is 1. The Morgan fingerprint density at radius 2 is 1.86 bits per heavy atom. The number of benzene rings is 2. The monoisotopic (exact) mass is 277 g/mol. The number of hydrogen-bond donors (Lipinski definition) is 1. The lowest BCUT2D eigenvalue weighted by molar-refractivity contribution is 0.115. The van der Waals surface area contributed by atoms with Crippen molar-refractivity contribution in [3.63, 3.8) is 0 Å². The molecule has 4 heteroatoms. The zero-order valence-corrected chi connectivity index (χ0v) is 11.9. The van der Waals surface area contributed by atoms with Gasteiger partial charge in [-0.15, -0.1) is 0 Å². The number of fused-ring (bicyclic) bond motifs is 1. The van der Waals surface area contributed by atoms with Crippen molar-refractivity contribution < 1.29 is 4.74 Å². The summed E-state index contributed by atoms with van der Waals surface area (Å²) in [5.41, 5.74) is 9.19. The summed E-state index contributed by atoms with van der Waals surface area (Å²) in [7, 11) is 0. The van der Waals surface area contributed by atoms with E-state index in [1.54, 1.807) is 12.1 Å². The molecule has 0 fully saturated rings. The van der Waals surface area contributed by atoms with Crippen molar-refractivity contribution in [3.8, 4) is 11.8 Å². The molecule has 0 radical (unpaired) electrons. The summed E-state index contributed by atoms with van der Waals surface area (Å²) in [4.78, 5) is 4.68. The lowest BCUT2D eigenvalue weighted by atomic mass is 9.98. The van der Waals surface area contributed by atoms with Crippen LogP contribution in [0.1, 0.15) is 30.5 Å². The second-order valence-electron chi connectivity index (χ2n) is 5.45. The van der Waals surface area contributed by atoms with Crippen LogP contribution >= 0.6 is 0 Å². The van der Waals surface area contributed by atoms with Crippen molar-refractivity contribution in [2.45, 2.75) is 19.6 Å². The number of nitrogens with two attached hydrogens (primary N) is 1. The molecule has 2 aromatic carbocycles. The summed E-state index contributed by atoms with van der Waals surface area (Å²) in [6.07, 6.45) is 0. The number of nitrogens with zero attached hydrogens (tertiary/aromatic N) is 2. The topological polar surface area (TPSA) is 71.4 Å². The van der Waals surface area contributed by atoms with Crippen LogP contribution in [-0.4, -0.2) is 11.4 Å². The van der Waals surface area contributed by atoms with Crippen molar-refractivity contribution in [2.24, 2.45) is 4.99 Å². The first-order valence-corrected chi connectivity index (χ1v) is 6.68. The van der Waals surface area contributed by atoms with Crippen molar-refractivity contribution in [3.05, 3.63) is 59.2 Å². The van der Waals surface area contributed by atoms with Gasteiger partial charge in [-0.05, 0) is 38.1 Å². The zero-order chi connectivity index (χ0) is 15.0. The van der Waals surface area contributed by atoms with E-state index in [4.69, 9.17) is 15.7 Å². The molecule has 2 N–H and O–H groups in total. The molecule has 0 spiro atoms. The third-order valence-electron chi connectivity index (χ3n) is 3.29. The Balaban J connectivity index is 2.15. The molecule has 0 saturated carbocycles. The van der Waals surface area contributed by atoms with E-state index in [1.807, 2.05) is 44.2 Å². The Kier molecular flexibility index (Phi) is 2.91. The van der Waals surface area contributed by atoms with Crippen LogP contribution < -0.4 is 10.5 Å².